The number of halogens is 3. The van der Waals surface area contributed by atoms with Gasteiger partial charge in [0.1, 0.15) is 5.75 Å². The lowest BCUT2D eigenvalue weighted by Gasteiger charge is -2.08. The van der Waals surface area contributed by atoms with E-state index in [4.69, 9.17) is 11.6 Å². The van der Waals surface area contributed by atoms with Crippen molar-refractivity contribution in [3.05, 3.63) is 54.1 Å². The predicted molar refractivity (Wildman–Crippen MR) is 92.9 cm³/mol. The number of rotatable bonds is 2. The molecule has 2 aromatic rings. The number of carbonyl (C=O) groups excluding carboxylic acids is 1. The van der Waals surface area contributed by atoms with Crippen LogP contribution in [0.1, 0.15) is 10.4 Å². The molecule has 0 aliphatic heterocycles. The van der Waals surface area contributed by atoms with Gasteiger partial charge in [0.15, 0.2) is 0 Å². The molecule has 98 valence electrons. The Bertz CT molecular complexity index is 647. The molecule has 2 N–H and O–H groups in total. The summed E-state index contributed by atoms with van der Waals surface area (Å²) < 4.78 is 1.69. The van der Waals surface area contributed by atoms with Gasteiger partial charge in [0, 0.05) is 9.13 Å². The summed E-state index contributed by atoms with van der Waals surface area (Å²) in [7, 11) is 0. The van der Waals surface area contributed by atoms with Crippen LogP contribution in [0.25, 0.3) is 0 Å². The third-order valence-electron chi connectivity index (χ3n) is 2.39. The van der Waals surface area contributed by atoms with Gasteiger partial charge in [-0.3, -0.25) is 4.79 Å². The van der Waals surface area contributed by atoms with E-state index >= 15 is 0 Å². The van der Waals surface area contributed by atoms with Gasteiger partial charge >= 0.3 is 0 Å². The lowest BCUT2D eigenvalue weighted by atomic mass is 10.2. The Kier molecular flexibility index (Phi) is 4.91. The van der Waals surface area contributed by atoms with Gasteiger partial charge in [0.25, 0.3) is 5.91 Å². The van der Waals surface area contributed by atoms with Crippen molar-refractivity contribution in [2.24, 2.45) is 0 Å². The number of phenolic OH excluding ortho intramolecular Hbond substituents is 1. The lowest BCUT2D eigenvalue weighted by Crippen LogP contribution is -2.12. The Morgan fingerprint density at radius 3 is 2.53 bits per heavy atom. The molecule has 1 amide bonds. The van der Waals surface area contributed by atoms with E-state index in [-0.39, 0.29) is 11.7 Å². The highest BCUT2D eigenvalue weighted by atomic mass is 127. The Morgan fingerprint density at radius 1 is 1.16 bits per heavy atom. The average Bonchev–Trinajstić information content (AvgIpc) is 2.36. The Hall–Kier alpha value is -0.540. The number of hydrogen-bond donors (Lipinski definition) is 2. The van der Waals surface area contributed by atoms with E-state index in [0.717, 1.165) is 3.57 Å². The number of amides is 1. The molecular formula is C13H8ClI2NO2. The average molecular weight is 499 g/mol. The van der Waals surface area contributed by atoms with Crippen LogP contribution in [0.2, 0.25) is 5.02 Å². The molecule has 0 aliphatic rings. The Balaban J connectivity index is 2.23. The van der Waals surface area contributed by atoms with E-state index in [1.165, 1.54) is 6.07 Å². The maximum Gasteiger partial charge on any atom is 0.255 e. The van der Waals surface area contributed by atoms with E-state index in [1.54, 1.807) is 24.3 Å². The zero-order chi connectivity index (χ0) is 14.0. The van der Waals surface area contributed by atoms with Crippen LogP contribution >= 0.6 is 56.8 Å². The standard InChI is InChI=1S/C13H8ClI2NO2/c14-9-6-8(15)2-4-11(9)17-13(19)7-1-3-10(16)12(18)5-7/h1-6,18H,(H,17,19). The molecule has 3 nitrogen and oxygen atoms in total. The second-order valence-corrected chi connectivity index (χ2v) is 6.56. The summed E-state index contributed by atoms with van der Waals surface area (Å²) in [4.78, 5) is 12.0. The molecule has 19 heavy (non-hydrogen) atoms. The summed E-state index contributed by atoms with van der Waals surface area (Å²) in [6.07, 6.45) is 0. The summed E-state index contributed by atoms with van der Waals surface area (Å²) in [5, 5.41) is 12.8. The normalized spacial score (nSPS) is 10.3. The SMILES string of the molecule is O=C(Nc1ccc(I)cc1Cl)c1ccc(I)c(O)c1. The molecule has 0 fully saturated rings. The minimum Gasteiger partial charge on any atom is -0.507 e. The third-order valence-corrected chi connectivity index (χ3v) is 4.28. The molecule has 0 saturated heterocycles. The molecule has 0 saturated carbocycles. The molecular weight excluding hydrogens is 491 g/mol. The highest BCUT2D eigenvalue weighted by Crippen LogP contribution is 2.25. The van der Waals surface area contributed by atoms with Crippen molar-refractivity contribution in [1.29, 1.82) is 0 Å². The summed E-state index contributed by atoms with van der Waals surface area (Å²) >= 11 is 10.2. The van der Waals surface area contributed by atoms with Crippen LogP contribution in [0, 0.1) is 7.14 Å². The zero-order valence-electron chi connectivity index (χ0n) is 9.45. The number of phenols is 1. The van der Waals surface area contributed by atoms with Gasteiger partial charge in [-0.2, -0.15) is 0 Å². The molecule has 0 bridgehead atoms. The Morgan fingerprint density at radius 2 is 1.89 bits per heavy atom. The second kappa shape index (κ2) is 6.27. The summed E-state index contributed by atoms with van der Waals surface area (Å²) in [6.45, 7) is 0. The number of anilines is 1. The van der Waals surface area contributed by atoms with Crippen LogP contribution in [0.4, 0.5) is 5.69 Å². The van der Waals surface area contributed by atoms with E-state index in [2.05, 4.69) is 27.9 Å². The minimum absolute atomic E-state index is 0.0851. The van der Waals surface area contributed by atoms with Crippen LogP contribution in [-0.4, -0.2) is 11.0 Å². The van der Waals surface area contributed by atoms with Crippen molar-refractivity contribution in [3.8, 4) is 5.75 Å². The topological polar surface area (TPSA) is 49.3 Å². The lowest BCUT2D eigenvalue weighted by molar-refractivity contribution is 0.102. The molecule has 0 aromatic heterocycles. The highest BCUT2D eigenvalue weighted by Gasteiger charge is 2.10. The largest absolute Gasteiger partial charge is 0.507 e. The smallest absolute Gasteiger partial charge is 0.255 e. The third kappa shape index (κ3) is 3.73. The number of aromatic hydroxyl groups is 1. The number of nitrogens with one attached hydrogen (secondary N) is 1. The summed E-state index contributed by atoms with van der Waals surface area (Å²) in [6, 6.07) is 10.1. The fraction of sp³-hybridized carbons (Fsp3) is 0. The van der Waals surface area contributed by atoms with Crippen LogP contribution < -0.4 is 5.32 Å². The van der Waals surface area contributed by atoms with E-state index in [1.807, 2.05) is 28.7 Å². The molecule has 0 radical (unpaired) electrons. The molecule has 2 aromatic carbocycles. The van der Waals surface area contributed by atoms with Crippen molar-refractivity contribution in [3.63, 3.8) is 0 Å². The quantitative estimate of drug-likeness (QED) is 0.598. The van der Waals surface area contributed by atoms with Crippen molar-refractivity contribution < 1.29 is 9.90 Å². The van der Waals surface area contributed by atoms with E-state index in [0.29, 0.717) is 19.8 Å². The minimum atomic E-state index is -0.310. The second-order valence-electron chi connectivity index (χ2n) is 3.74. The van der Waals surface area contributed by atoms with Crippen molar-refractivity contribution in [2.75, 3.05) is 5.32 Å². The van der Waals surface area contributed by atoms with Gasteiger partial charge in [0.2, 0.25) is 0 Å². The summed E-state index contributed by atoms with van der Waals surface area (Å²) in [5.41, 5.74) is 0.928. The van der Waals surface area contributed by atoms with Gasteiger partial charge in [0.05, 0.1) is 14.3 Å². The summed E-state index contributed by atoms with van der Waals surface area (Å²) in [5.74, 6) is -0.225. The zero-order valence-corrected chi connectivity index (χ0v) is 14.5. The molecule has 0 unspecified atom stereocenters. The Labute approximate surface area is 142 Å². The first-order valence-electron chi connectivity index (χ1n) is 5.22. The van der Waals surface area contributed by atoms with Gasteiger partial charge < -0.3 is 10.4 Å². The molecule has 0 aliphatic carbocycles. The van der Waals surface area contributed by atoms with E-state index < -0.39 is 0 Å². The van der Waals surface area contributed by atoms with Crippen LogP contribution in [0.15, 0.2) is 36.4 Å². The first kappa shape index (κ1) is 14.9. The van der Waals surface area contributed by atoms with Crippen LogP contribution in [0.3, 0.4) is 0 Å². The van der Waals surface area contributed by atoms with Crippen LogP contribution in [0.5, 0.6) is 5.75 Å². The fourth-order valence-corrected chi connectivity index (χ4v) is 2.68. The maximum absolute atomic E-state index is 12.0. The first-order chi connectivity index (χ1) is 8.97. The fourth-order valence-electron chi connectivity index (χ4n) is 1.44. The van der Waals surface area contributed by atoms with Gasteiger partial charge in [-0.05, 0) is 81.6 Å². The molecule has 6 heteroatoms. The molecule has 0 spiro atoms. The first-order valence-corrected chi connectivity index (χ1v) is 7.76. The number of carbonyl (C=O) groups is 1. The predicted octanol–water partition coefficient (Wildman–Crippen LogP) is 4.51. The molecule has 0 atom stereocenters. The number of hydrogen-bond acceptors (Lipinski definition) is 2. The van der Waals surface area contributed by atoms with Crippen molar-refractivity contribution in [1.82, 2.24) is 0 Å². The van der Waals surface area contributed by atoms with E-state index in [9.17, 15) is 9.90 Å². The van der Waals surface area contributed by atoms with Gasteiger partial charge in [-0.1, -0.05) is 11.6 Å². The molecule has 0 heterocycles. The highest BCUT2D eigenvalue weighted by molar-refractivity contribution is 14.1. The van der Waals surface area contributed by atoms with Gasteiger partial charge in [-0.25, -0.2) is 0 Å². The van der Waals surface area contributed by atoms with Crippen molar-refractivity contribution in [2.45, 2.75) is 0 Å². The molecule has 2 rings (SSSR count). The van der Waals surface area contributed by atoms with Crippen molar-refractivity contribution >= 4 is 68.4 Å². The van der Waals surface area contributed by atoms with Gasteiger partial charge in [-0.15, -0.1) is 0 Å². The van der Waals surface area contributed by atoms with Crippen LogP contribution in [-0.2, 0) is 0 Å². The number of benzene rings is 2. The maximum atomic E-state index is 12.0. The monoisotopic (exact) mass is 499 g/mol.